The van der Waals surface area contributed by atoms with E-state index in [9.17, 15) is 4.39 Å². The molecule has 1 aromatic heterocycles. The summed E-state index contributed by atoms with van der Waals surface area (Å²) in [5.41, 5.74) is 1.98. The van der Waals surface area contributed by atoms with Crippen molar-refractivity contribution in [2.75, 3.05) is 7.11 Å². The Labute approximate surface area is 158 Å². The summed E-state index contributed by atoms with van der Waals surface area (Å²) in [5, 5.41) is 0. The number of aliphatic imine (C=N–C) groups is 2. The van der Waals surface area contributed by atoms with Crippen LogP contribution in [0, 0.1) is 5.82 Å². The van der Waals surface area contributed by atoms with Crippen LogP contribution >= 0.6 is 0 Å². The van der Waals surface area contributed by atoms with E-state index in [0.29, 0.717) is 24.0 Å². The van der Waals surface area contributed by atoms with Crippen molar-refractivity contribution in [2.24, 2.45) is 9.98 Å². The maximum absolute atomic E-state index is 14.1. The van der Waals surface area contributed by atoms with E-state index < -0.39 is 0 Å². The normalized spacial score (nSPS) is 17.0. The molecule has 0 amide bonds. The van der Waals surface area contributed by atoms with Crippen LogP contribution in [0.2, 0.25) is 0 Å². The second-order valence-corrected chi connectivity index (χ2v) is 6.05. The molecule has 0 aliphatic carbocycles. The summed E-state index contributed by atoms with van der Waals surface area (Å²) in [6.07, 6.45) is 6.01. The molecule has 1 aromatic carbocycles. The zero-order chi connectivity index (χ0) is 19.4. The van der Waals surface area contributed by atoms with E-state index in [1.54, 1.807) is 30.6 Å². The molecule has 0 bridgehead atoms. The molecule has 0 saturated heterocycles. The maximum atomic E-state index is 14.1. The molecule has 0 saturated carbocycles. The smallest absolute Gasteiger partial charge is 0.199 e. The Balaban J connectivity index is 1.99. The third-order valence-corrected chi connectivity index (χ3v) is 4.56. The minimum atomic E-state index is -0.357. The summed E-state index contributed by atoms with van der Waals surface area (Å²) in [5.74, 6) is 1.37. The van der Waals surface area contributed by atoms with E-state index in [4.69, 9.17) is 4.74 Å². The van der Waals surface area contributed by atoms with Gasteiger partial charge in [-0.3, -0.25) is 0 Å². The van der Waals surface area contributed by atoms with Crippen molar-refractivity contribution in [3.05, 3.63) is 65.3 Å². The van der Waals surface area contributed by atoms with Crippen LogP contribution in [-0.4, -0.2) is 34.5 Å². The second-order valence-electron chi connectivity index (χ2n) is 6.05. The molecule has 0 N–H and O–H groups in total. The molecule has 140 valence electrons. The number of ether oxygens (including phenoxy) is 1. The minimum absolute atomic E-state index is 0.0622. The van der Waals surface area contributed by atoms with Crippen molar-refractivity contribution >= 4 is 12.6 Å². The van der Waals surface area contributed by atoms with Crippen molar-refractivity contribution in [2.45, 2.75) is 32.9 Å². The fraction of sp³-hybridized carbons (Fsp3) is 0.300. The third-order valence-electron chi connectivity index (χ3n) is 4.56. The number of amidine groups is 1. The van der Waals surface area contributed by atoms with E-state index >= 15 is 0 Å². The summed E-state index contributed by atoms with van der Waals surface area (Å²) in [7, 11) is 1.47. The molecule has 2 aromatic rings. The molecule has 6 nitrogen and oxygen atoms in total. The Kier molecular flexibility index (Phi) is 5.59. The van der Waals surface area contributed by atoms with Crippen LogP contribution in [0.1, 0.15) is 43.3 Å². The molecule has 27 heavy (non-hydrogen) atoms. The zero-order valence-corrected chi connectivity index (χ0v) is 15.7. The molecule has 3 rings (SSSR count). The summed E-state index contributed by atoms with van der Waals surface area (Å²) >= 11 is 0. The number of allylic oxidation sites excluding steroid dienone is 1. The van der Waals surface area contributed by atoms with Gasteiger partial charge in [0, 0.05) is 18.9 Å². The molecule has 0 radical (unpaired) electrons. The quantitative estimate of drug-likeness (QED) is 0.594. The average molecular weight is 367 g/mol. The number of halogens is 1. The summed E-state index contributed by atoms with van der Waals surface area (Å²) in [4.78, 5) is 19.1. The molecular weight excluding hydrogens is 345 g/mol. The maximum Gasteiger partial charge on any atom is 0.199 e. The Morgan fingerprint density at radius 3 is 2.74 bits per heavy atom. The predicted octanol–water partition coefficient (Wildman–Crippen LogP) is 3.90. The first-order valence-electron chi connectivity index (χ1n) is 8.75. The van der Waals surface area contributed by atoms with Crippen molar-refractivity contribution in [3.63, 3.8) is 0 Å². The number of methoxy groups -OCH3 is 1. The van der Waals surface area contributed by atoms with Gasteiger partial charge in [0.1, 0.15) is 5.82 Å². The topological polar surface area (TPSA) is 63.0 Å². The van der Waals surface area contributed by atoms with E-state index in [2.05, 4.69) is 38.5 Å². The van der Waals surface area contributed by atoms with E-state index in [-0.39, 0.29) is 17.6 Å². The standard InChI is InChI=1S/C20H22FN5O/c1-5-16-14-11-17(27-4)15(21)10-13(14)12-26(16)18(6-2)25-19(22-3)20-23-8-7-9-24-20/h6-11,16H,3,5,12H2,1-2,4H3/b18-6+,25-19-. The molecule has 1 aliphatic rings. The SMILES string of the molecule is C=N/C(=N\C(=C/C)N1Cc2cc(F)c(OC)cc2C1CC)c1ncccn1. The van der Waals surface area contributed by atoms with Gasteiger partial charge in [-0.1, -0.05) is 6.92 Å². The van der Waals surface area contributed by atoms with Crippen molar-refractivity contribution < 1.29 is 9.13 Å². The molecule has 0 fully saturated rings. The largest absolute Gasteiger partial charge is 0.494 e. The van der Waals surface area contributed by atoms with Gasteiger partial charge in [0.25, 0.3) is 0 Å². The molecule has 1 unspecified atom stereocenters. The lowest BCUT2D eigenvalue weighted by atomic mass is 10.0. The van der Waals surface area contributed by atoms with E-state index in [0.717, 1.165) is 17.5 Å². The Hall–Kier alpha value is -3.09. The van der Waals surface area contributed by atoms with Crippen LogP contribution in [0.4, 0.5) is 4.39 Å². The third kappa shape index (κ3) is 3.58. The van der Waals surface area contributed by atoms with Gasteiger partial charge < -0.3 is 9.64 Å². The number of aromatic nitrogens is 2. The Morgan fingerprint density at radius 1 is 1.41 bits per heavy atom. The first-order valence-corrected chi connectivity index (χ1v) is 8.75. The van der Waals surface area contributed by atoms with Crippen molar-refractivity contribution in [3.8, 4) is 5.75 Å². The zero-order valence-electron chi connectivity index (χ0n) is 15.7. The van der Waals surface area contributed by atoms with Gasteiger partial charge in [-0.15, -0.1) is 0 Å². The first-order chi connectivity index (χ1) is 13.1. The summed E-state index contributed by atoms with van der Waals surface area (Å²) < 4.78 is 19.3. The predicted molar refractivity (Wildman–Crippen MR) is 103 cm³/mol. The Morgan fingerprint density at radius 2 is 2.15 bits per heavy atom. The highest BCUT2D eigenvalue weighted by molar-refractivity contribution is 5.98. The molecule has 7 heteroatoms. The highest BCUT2D eigenvalue weighted by atomic mass is 19.1. The van der Waals surface area contributed by atoms with E-state index in [1.807, 2.05) is 13.0 Å². The first kappa shape index (κ1) is 18.7. The second kappa shape index (κ2) is 8.07. The van der Waals surface area contributed by atoms with Crippen LogP contribution in [0.3, 0.4) is 0 Å². The number of hydrogen-bond donors (Lipinski definition) is 0. The lowest BCUT2D eigenvalue weighted by Crippen LogP contribution is -2.21. The highest BCUT2D eigenvalue weighted by Gasteiger charge is 2.32. The fourth-order valence-electron chi connectivity index (χ4n) is 3.33. The fourth-order valence-corrected chi connectivity index (χ4v) is 3.33. The molecule has 1 atom stereocenters. The molecule has 2 heterocycles. The van der Waals surface area contributed by atoms with Gasteiger partial charge in [0.15, 0.2) is 23.2 Å². The van der Waals surface area contributed by atoms with Crippen LogP contribution in [0.5, 0.6) is 5.75 Å². The van der Waals surface area contributed by atoms with E-state index in [1.165, 1.54) is 7.11 Å². The van der Waals surface area contributed by atoms with Gasteiger partial charge in [-0.05, 0) is 55.5 Å². The van der Waals surface area contributed by atoms with Crippen LogP contribution < -0.4 is 4.74 Å². The Bertz CT molecular complexity index is 895. The highest BCUT2D eigenvalue weighted by Crippen LogP contribution is 2.41. The lowest BCUT2D eigenvalue weighted by molar-refractivity contribution is 0.269. The van der Waals surface area contributed by atoms with Gasteiger partial charge in [-0.2, -0.15) is 0 Å². The minimum Gasteiger partial charge on any atom is -0.494 e. The summed E-state index contributed by atoms with van der Waals surface area (Å²) in [6, 6.07) is 5.11. The number of hydrogen-bond acceptors (Lipinski definition) is 5. The van der Waals surface area contributed by atoms with Gasteiger partial charge in [0.05, 0.1) is 13.2 Å². The van der Waals surface area contributed by atoms with Crippen LogP contribution in [0.25, 0.3) is 0 Å². The van der Waals surface area contributed by atoms with Crippen LogP contribution in [0.15, 0.2) is 52.5 Å². The van der Waals surface area contributed by atoms with Gasteiger partial charge in [0.2, 0.25) is 0 Å². The average Bonchev–Trinajstić information content (AvgIpc) is 3.05. The van der Waals surface area contributed by atoms with Crippen molar-refractivity contribution in [1.29, 1.82) is 0 Å². The number of nitrogens with zero attached hydrogens (tertiary/aromatic N) is 5. The van der Waals surface area contributed by atoms with Gasteiger partial charge >= 0.3 is 0 Å². The van der Waals surface area contributed by atoms with Gasteiger partial charge in [-0.25, -0.2) is 24.3 Å². The van der Waals surface area contributed by atoms with Crippen molar-refractivity contribution in [1.82, 2.24) is 14.9 Å². The van der Waals surface area contributed by atoms with Crippen LogP contribution in [-0.2, 0) is 6.54 Å². The number of fused-ring (bicyclic) bond motifs is 1. The molecular formula is C20H22FN5O. The molecule has 0 spiro atoms. The summed E-state index contributed by atoms with van der Waals surface area (Å²) in [6.45, 7) is 8.14. The lowest BCUT2D eigenvalue weighted by Gasteiger charge is -2.26. The number of benzene rings is 1. The number of rotatable bonds is 5. The molecule has 1 aliphatic heterocycles. The monoisotopic (exact) mass is 367 g/mol.